The van der Waals surface area contributed by atoms with Crippen LogP contribution in [0.1, 0.15) is 49.1 Å². The standard InChI is InChI=1S/C25H28F3NO4/c1-5-11-29(12-6-2)14-19-20(30)10-9-18-21(31)23(24(25(26,27)28)33-22(18)19)32-17-8-7-15(3)16(4)13-17/h7-10,13,30H,5-6,11-12,14H2,1-4H3/p+1. The molecule has 0 saturated carbocycles. The minimum Gasteiger partial charge on any atom is -0.507 e. The first-order valence-corrected chi connectivity index (χ1v) is 11.0. The van der Waals surface area contributed by atoms with Crippen LogP contribution in [0.15, 0.2) is 39.5 Å². The molecule has 0 atom stereocenters. The first kappa shape index (κ1) is 24.6. The van der Waals surface area contributed by atoms with Gasteiger partial charge in [-0.2, -0.15) is 13.2 Å². The Kier molecular flexibility index (Phi) is 7.37. The van der Waals surface area contributed by atoms with Crippen LogP contribution in [0.4, 0.5) is 13.2 Å². The summed E-state index contributed by atoms with van der Waals surface area (Å²) in [6.45, 7) is 9.46. The Morgan fingerprint density at radius 1 is 1.03 bits per heavy atom. The topological polar surface area (TPSA) is 64.1 Å². The van der Waals surface area contributed by atoms with E-state index in [1.54, 1.807) is 19.1 Å². The molecule has 0 saturated heterocycles. The van der Waals surface area contributed by atoms with E-state index in [1.165, 1.54) is 18.2 Å². The number of nitrogens with one attached hydrogen (secondary N) is 1. The maximum atomic E-state index is 14.0. The van der Waals surface area contributed by atoms with Crippen molar-refractivity contribution < 1.29 is 32.3 Å². The number of phenolic OH excluding ortho intramolecular Hbond substituents is 1. The first-order valence-electron chi connectivity index (χ1n) is 11.0. The van der Waals surface area contributed by atoms with E-state index < -0.39 is 23.1 Å². The largest absolute Gasteiger partial charge is 0.507 e. The maximum absolute atomic E-state index is 14.0. The number of hydrogen-bond donors (Lipinski definition) is 2. The summed E-state index contributed by atoms with van der Waals surface area (Å²) in [5.74, 6) is -2.53. The molecule has 8 heteroatoms. The number of ether oxygens (including phenoxy) is 1. The molecule has 0 fully saturated rings. The number of quaternary nitrogens is 1. The molecule has 0 aliphatic heterocycles. The average molecular weight is 465 g/mol. The van der Waals surface area contributed by atoms with Gasteiger partial charge in [0.05, 0.1) is 24.0 Å². The fourth-order valence-corrected chi connectivity index (χ4v) is 3.89. The molecule has 1 aromatic heterocycles. The lowest BCUT2D eigenvalue weighted by molar-refractivity contribution is -0.913. The highest BCUT2D eigenvalue weighted by atomic mass is 19.4. The molecule has 2 aromatic carbocycles. The Hall–Kier alpha value is -3.00. The van der Waals surface area contributed by atoms with Crippen LogP contribution in [-0.4, -0.2) is 18.2 Å². The molecule has 0 aliphatic rings. The summed E-state index contributed by atoms with van der Waals surface area (Å²) in [7, 11) is 0. The van der Waals surface area contributed by atoms with Gasteiger partial charge in [0, 0.05) is 0 Å². The highest BCUT2D eigenvalue weighted by molar-refractivity contribution is 5.83. The van der Waals surface area contributed by atoms with E-state index in [1.807, 2.05) is 20.8 Å². The highest BCUT2D eigenvalue weighted by Crippen LogP contribution is 2.39. The summed E-state index contributed by atoms with van der Waals surface area (Å²) < 4.78 is 52.6. The molecule has 178 valence electrons. The molecule has 0 unspecified atom stereocenters. The van der Waals surface area contributed by atoms with Gasteiger partial charge in [0.2, 0.25) is 11.2 Å². The Bertz CT molecular complexity index is 1190. The smallest absolute Gasteiger partial charge is 0.453 e. The third-order valence-electron chi connectivity index (χ3n) is 5.69. The van der Waals surface area contributed by atoms with E-state index in [4.69, 9.17) is 9.15 Å². The molecule has 0 bridgehead atoms. The third-order valence-corrected chi connectivity index (χ3v) is 5.69. The number of fused-ring (bicyclic) bond motifs is 1. The molecule has 1 heterocycles. The molecule has 2 N–H and O–H groups in total. The van der Waals surface area contributed by atoms with Crippen LogP contribution in [0.2, 0.25) is 0 Å². The number of phenols is 1. The number of aryl methyl sites for hydroxylation is 2. The summed E-state index contributed by atoms with van der Waals surface area (Å²) in [6, 6.07) is 7.36. The zero-order chi connectivity index (χ0) is 24.3. The Balaban J connectivity index is 2.21. The summed E-state index contributed by atoms with van der Waals surface area (Å²) in [5.41, 5.74) is 0.744. The van der Waals surface area contributed by atoms with Gasteiger partial charge in [-0.3, -0.25) is 4.79 Å². The summed E-state index contributed by atoms with van der Waals surface area (Å²) in [4.78, 5) is 14.3. The monoisotopic (exact) mass is 464 g/mol. The zero-order valence-corrected chi connectivity index (χ0v) is 19.2. The normalized spacial score (nSPS) is 12.0. The summed E-state index contributed by atoms with van der Waals surface area (Å²) in [6.07, 6.45) is -3.23. The second-order valence-corrected chi connectivity index (χ2v) is 8.30. The molecule has 33 heavy (non-hydrogen) atoms. The lowest BCUT2D eigenvalue weighted by atomic mass is 10.1. The lowest BCUT2D eigenvalue weighted by Gasteiger charge is -2.20. The van der Waals surface area contributed by atoms with Gasteiger partial charge in [0.25, 0.3) is 5.76 Å². The Morgan fingerprint density at radius 2 is 1.70 bits per heavy atom. The van der Waals surface area contributed by atoms with Crippen molar-refractivity contribution in [2.24, 2.45) is 0 Å². The molecule has 3 rings (SSSR count). The van der Waals surface area contributed by atoms with Crippen molar-refractivity contribution in [2.45, 2.75) is 53.3 Å². The molecule has 0 radical (unpaired) electrons. The number of aromatic hydroxyl groups is 1. The lowest BCUT2D eigenvalue weighted by Crippen LogP contribution is -3.10. The van der Waals surface area contributed by atoms with Crippen LogP contribution in [-0.2, 0) is 12.7 Å². The predicted octanol–water partition coefficient (Wildman–Crippen LogP) is 5.13. The van der Waals surface area contributed by atoms with Crippen LogP contribution in [0.3, 0.4) is 0 Å². The molecule has 5 nitrogen and oxygen atoms in total. The van der Waals surface area contributed by atoms with Gasteiger partial charge in [-0.15, -0.1) is 0 Å². The number of alkyl halides is 3. The van der Waals surface area contributed by atoms with Gasteiger partial charge in [-0.25, -0.2) is 0 Å². The van der Waals surface area contributed by atoms with Gasteiger partial charge < -0.3 is 19.2 Å². The number of hydrogen-bond acceptors (Lipinski definition) is 4. The van der Waals surface area contributed by atoms with Crippen molar-refractivity contribution in [1.29, 1.82) is 0 Å². The van der Waals surface area contributed by atoms with E-state index in [0.29, 0.717) is 0 Å². The molecular weight excluding hydrogens is 435 g/mol. The van der Waals surface area contributed by atoms with Gasteiger partial charge in [-0.05, 0) is 62.1 Å². The van der Waals surface area contributed by atoms with Gasteiger partial charge in [-0.1, -0.05) is 19.9 Å². The summed E-state index contributed by atoms with van der Waals surface area (Å²) >= 11 is 0. The van der Waals surface area contributed by atoms with Gasteiger partial charge in [0.1, 0.15) is 18.0 Å². The van der Waals surface area contributed by atoms with Crippen molar-refractivity contribution in [2.75, 3.05) is 13.1 Å². The van der Waals surface area contributed by atoms with Crippen LogP contribution in [0, 0.1) is 13.8 Å². The SMILES string of the molecule is CCC[NH+](CCC)Cc1c(O)ccc2c(=O)c(Oc3ccc(C)c(C)c3)c(C(F)(F)F)oc12. The van der Waals surface area contributed by atoms with Crippen LogP contribution in [0.5, 0.6) is 17.2 Å². The first-order chi connectivity index (χ1) is 15.6. The van der Waals surface area contributed by atoms with Crippen molar-refractivity contribution in [3.05, 3.63) is 63.0 Å². The van der Waals surface area contributed by atoms with E-state index in [-0.39, 0.29) is 34.6 Å². The molecule has 0 amide bonds. The number of rotatable bonds is 8. The zero-order valence-electron chi connectivity index (χ0n) is 19.2. The Morgan fingerprint density at radius 3 is 2.27 bits per heavy atom. The second-order valence-electron chi connectivity index (χ2n) is 8.30. The second kappa shape index (κ2) is 9.87. The van der Waals surface area contributed by atoms with Crippen molar-refractivity contribution in [3.8, 4) is 17.2 Å². The predicted molar refractivity (Wildman–Crippen MR) is 120 cm³/mol. The summed E-state index contributed by atoms with van der Waals surface area (Å²) in [5, 5.41) is 10.4. The minimum absolute atomic E-state index is 0.0676. The van der Waals surface area contributed by atoms with E-state index in [0.717, 1.165) is 42.0 Å². The fraction of sp³-hybridized carbons (Fsp3) is 0.400. The Labute approximate surface area is 190 Å². The van der Waals surface area contributed by atoms with Crippen molar-refractivity contribution in [1.82, 2.24) is 0 Å². The fourth-order valence-electron chi connectivity index (χ4n) is 3.89. The van der Waals surface area contributed by atoms with E-state index >= 15 is 0 Å². The van der Waals surface area contributed by atoms with Crippen molar-refractivity contribution in [3.63, 3.8) is 0 Å². The maximum Gasteiger partial charge on any atom is 0.453 e. The van der Waals surface area contributed by atoms with Crippen LogP contribution in [0.25, 0.3) is 11.0 Å². The molecule has 3 aromatic rings. The van der Waals surface area contributed by atoms with Crippen LogP contribution < -0.4 is 15.1 Å². The minimum atomic E-state index is -4.97. The quantitative estimate of drug-likeness (QED) is 0.485. The van der Waals surface area contributed by atoms with E-state index in [9.17, 15) is 23.1 Å². The highest BCUT2D eigenvalue weighted by Gasteiger charge is 2.41. The van der Waals surface area contributed by atoms with E-state index in [2.05, 4.69) is 0 Å². The van der Waals surface area contributed by atoms with Gasteiger partial charge in [0.15, 0.2) is 5.58 Å². The van der Waals surface area contributed by atoms with Gasteiger partial charge >= 0.3 is 6.18 Å². The third kappa shape index (κ3) is 5.33. The average Bonchev–Trinajstić information content (AvgIpc) is 2.74. The van der Waals surface area contributed by atoms with Crippen LogP contribution >= 0.6 is 0 Å². The van der Waals surface area contributed by atoms with Crippen molar-refractivity contribution >= 4 is 11.0 Å². The molecule has 0 aliphatic carbocycles. The molecule has 0 spiro atoms. The number of halogens is 3. The molecular formula is C25H29F3NO4+. The number of benzene rings is 2.